The maximum Gasteiger partial charge on any atom is 0.257 e. The van der Waals surface area contributed by atoms with Crippen molar-refractivity contribution < 1.29 is 14.3 Å². The topological polar surface area (TPSA) is 73.6 Å². The van der Waals surface area contributed by atoms with Gasteiger partial charge in [0, 0.05) is 20.3 Å². The van der Waals surface area contributed by atoms with Gasteiger partial charge in [0.1, 0.15) is 5.75 Å². The van der Waals surface area contributed by atoms with Crippen molar-refractivity contribution in [3.05, 3.63) is 26.6 Å². The molecule has 21 heavy (non-hydrogen) atoms. The highest BCUT2D eigenvalue weighted by Gasteiger charge is 2.11. The van der Waals surface area contributed by atoms with Gasteiger partial charge in [-0.05, 0) is 68.9 Å². The summed E-state index contributed by atoms with van der Waals surface area (Å²) >= 11 is 6.89. The maximum absolute atomic E-state index is 11.6. The minimum Gasteiger partial charge on any atom is -0.481 e. The van der Waals surface area contributed by atoms with E-state index in [4.69, 9.17) is 15.2 Å². The summed E-state index contributed by atoms with van der Waals surface area (Å²) in [5.41, 5.74) is 6.65. The van der Waals surface area contributed by atoms with Crippen LogP contribution in [0.1, 0.15) is 12.0 Å². The zero-order valence-corrected chi connectivity index (χ0v) is 15.1. The highest BCUT2D eigenvalue weighted by atomic mass is 79.9. The smallest absolute Gasteiger partial charge is 0.257 e. The molecule has 0 fully saturated rings. The van der Waals surface area contributed by atoms with Crippen LogP contribution in [-0.2, 0) is 16.0 Å². The molecule has 0 spiro atoms. The van der Waals surface area contributed by atoms with E-state index in [2.05, 4.69) is 37.2 Å². The molecule has 0 saturated carbocycles. The standard InChI is InChI=1S/C14H20Br2N2O3/c1-20-6-2-5-18-13(19)9-21-14-11(15)7-10(3-4-17)8-12(14)16/h7-8H,2-6,9,17H2,1H3,(H,18,19). The number of nitrogens with one attached hydrogen (secondary N) is 1. The van der Waals surface area contributed by atoms with Gasteiger partial charge < -0.3 is 20.5 Å². The Morgan fingerprint density at radius 2 is 2.00 bits per heavy atom. The van der Waals surface area contributed by atoms with E-state index < -0.39 is 0 Å². The average Bonchev–Trinajstić information content (AvgIpc) is 2.43. The number of methoxy groups -OCH3 is 1. The van der Waals surface area contributed by atoms with Crippen LogP contribution in [0.15, 0.2) is 21.1 Å². The number of hydrogen-bond acceptors (Lipinski definition) is 4. The van der Waals surface area contributed by atoms with E-state index in [1.54, 1.807) is 7.11 Å². The molecular weight excluding hydrogens is 404 g/mol. The third-order valence-corrected chi connectivity index (χ3v) is 3.86. The first-order valence-electron chi connectivity index (χ1n) is 6.65. The van der Waals surface area contributed by atoms with Crippen LogP contribution in [0, 0.1) is 0 Å². The number of carbonyl (C=O) groups is 1. The number of benzene rings is 1. The van der Waals surface area contributed by atoms with Gasteiger partial charge in [-0.1, -0.05) is 0 Å². The van der Waals surface area contributed by atoms with E-state index in [1.165, 1.54) is 0 Å². The Morgan fingerprint density at radius 1 is 1.33 bits per heavy atom. The first kappa shape index (κ1) is 18.4. The summed E-state index contributed by atoms with van der Waals surface area (Å²) in [5, 5.41) is 2.77. The highest BCUT2D eigenvalue weighted by molar-refractivity contribution is 9.11. The molecule has 1 aromatic rings. The summed E-state index contributed by atoms with van der Waals surface area (Å²) in [6.07, 6.45) is 1.57. The van der Waals surface area contributed by atoms with Crippen LogP contribution < -0.4 is 15.8 Å². The maximum atomic E-state index is 11.6. The second kappa shape index (κ2) is 10.2. The molecule has 3 N–H and O–H groups in total. The SMILES string of the molecule is COCCCNC(=O)COc1c(Br)cc(CCN)cc1Br. The van der Waals surface area contributed by atoms with E-state index in [1.807, 2.05) is 12.1 Å². The van der Waals surface area contributed by atoms with E-state index in [-0.39, 0.29) is 12.5 Å². The largest absolute Gasteiger partial charge is 0.481 e. The number of rotatable bonds is 9. The average molecular weight is 424 g/mol. The van der Waals surface area contributed by atoms with Gasteiger partial charge in [0.15, 0.2) is 6.61 Å². The van der Waals surface area contributed by atoms with Gasteiger partial charge in [0.2, 0.25) is 0 Å². The molecule has 7 heteroatoms. The molecule has 0 bridgehead atoms. The van der Waals surface area contributed by atoms with Gasteiger partial charge in [-0.3, -0.25) is 4.79 Å². The van der Waals surface area contributed by atoms with Gasteiger partial charge >= 0.3 is 0 Å². The first-order chi connectivity index (χ1) is 10.1. The van der Waals surface area contributed by atoms with Crippen molar-refractivity contribution in [3.8, 4) is 5.75 Å². The number of halogens is 2. The fourth-order valence-electron chi connectivity index (χ4n) is 1.69. The Hall–Kier alpha value is -0.630. The van der Waals surface area contributed by atoms with Crippen LogP contribution in [0.3, 0.4) is 0 Å². The number of nitrogens with two attached hydrogens (primary N) is 1. The zero-order chi connectivity index (χ0) is 15.7. The third kappa shape index (κ3) is 6.78. The van der Waals surface area contributed by atoms with Crippen molar-refractivity contribution in [1.29, 1.82) is 0 Å². The quantitative estimate of drug-likeness (QED) is 0.597. The summed E-state index contributed by atoms with van der Waals surface area (Å²) in [6.45, 7) is 1.76. The summed E-state index contributed by atoms with van der Waals surface area (Å²) < 4.78 is 12.1. The molecular formula is C14H20Br2N2O3. The summed E-state index contributed by atoms with van der Waals surface area (Å²) in [6, 6.07) is 3.90. The van der Waals surface area contributed by atoms with Crippen LogP contribution in [0.4, 0.5) is 0 Å². The summed E-state index contributed by atoms with van der Waals surface area (Å²) in [4.78, 5) is 11.6. The lowest BCUT2D eigenvalue weighted by Crippen LogP contribution is -2.30. The Bertz CT molecular complexity index is 447. The molecule has 0 aliphatic rings. The van der Waals surface area contributed by atoms with E-state index in [0.717, 1.165) is 27.4 Å². The minimum atomic E-state index is -0.157. The molecule has 0 heterocycles. The van der Waals surface area contributed by atoms with E-state index in [0.29, 0.717) is 25.4 Å². The Balaban J connectivity index is 2.49. The Morgan fingerprint density at radius 3 is 2.57 bits per heavy atom. The van der Waals surface area contributed by atoms with Crippen molar-refractivity contribution >= 4 is 37.8 Å². The second-order valence-electron chi connectivity index (χ2n) is 4.41. The number of carbonyl (C=O) groups excluding carboxylic acids is 1. The molecule has 0 aromatic heterocycles. The van der Waals surface area contributed by atoms with Crippen molar-refractivity contribution in [2.24, 2.45) is 5.73 Å². The Labute approximate surface area is 141 Å². The molecule has 0 atom stereocenters. The number of hydrogen-bond donors (Lipinski definition) is 2. The molecule has 5 nitrogen and oxygen atoms in total. The van der Waals surface area contributed by atoms with Crippen LogP contribution in [-0.4, -0.2) is 39.3 Å². The van der Waals surface area contributed by atoms with Gasteiger partial charge in [0.05, 0.1) is 8.95 Å². The molecule has 0 aliphatic carbocycles. The van der Waals surface area contributed by atoms with Crippen LogP contribution in [0.25, 0.3) is 0 Å². The molecule has 0 unspecified atom stereocenters. The van der Waals surface area contributed by atoms with E-state index >= 15 is 0 Å². The Kier molecular flexibility index (Phi) is 8.91. The number of ether oxygens (including phenoxy) is 2. The zero-order valence-electron chi connectivity index (χ0n) is 12.0. The van der Waals surface area contributed by atoms with Gasteiger partial charge in [-0.2, -0.15) is 0 Å². The summed E-state index contributed by atoms with van der Waals surface area (Å²) in [7, 11) is 1.63. The lowest BCUT2D eigenvalue weighted by molar-refractivity contribution is -0.123. The molecule has 1 amide bonds. The van der Waals surface area contributed by atoms with Gasteiger partial charge in [0.25, 0.3) is 5.91 Å². The highest BCUT2D eigenvalue weighted by Crippen LogP contribution is 2.34. The van der Waals surface area contributed by atoms with Crippen molar-refractivity contribution in [2.75, 3.05) is 33.4 Å². The molecule has 0 aliphatic heterocycles. The summed E-state index contributed by atoms with van der Waals surface area (Å²) in [5.74, 6) is 0.457. The first-order valence-corrected chi connectivity index (χ1v) is 8.23. The molecule has 0 saturated heterocycles. The van der Waals surface area contributed by atoms with Gasteiger partial charge in [-0.15, -0.1) is 0 Å². The molecule has 0 radical (unpaired) electrons. The third-order valence-electron chi connectivity index (χ3n) is 2.69. The second-order valence-corrected chi connectivity index (χ2v) is 6.12. The minimum absolute atomic E-state index is 0.0274. The fraction of sp³-hybridized carbons (Fsp3) is 0.500. The van der Waals surface area contributed by atoms with Gasteiger partial charge in [-0.25, -0.2) is 0 Å². The predicted molar refractivity (Wildman–Crippen MR) is 89.6 cm³/mol. The van der Waals surface area contributed by atoms with Crippen molar-refractivity contribution in [3.63, 3.8) is 0 Å². The van der Waals surface area contributed by atoms with Crippen molar-refractivity contribution in [1.82, 2.24) is 5.32 Å². The molecule has 118 valence electrons. The molecule has 1 rings (SSSR count). The van der Waals surface area contributed by atoms with Crippen LogP contribution in [0.5, 0.6) is 5.75 Å². The van der Waals surface area contributed by atoms with Crippen LogP contribution >= 0.6 is 31.9 Å². The monoisotopic (exact) mass is 422 g/mol. The lowest BCUT2D eigenvalue weighted by Gasteiger charge is -2.12. The lowest BCUT2D eigenvalue weighted by atomic mass is 10.1. The van der Waals surface area contributed by atoms with E-state index in [9.17, 15) is 4.79 Å². The number of amides is 1. The molecule has 1 aromatic carbocycles. The normalized spacial score (nSPS) is 10.5. The fourth-order valence-corrected chi connectivity index (χ4v) is 3.20. The van der Waals surface area contributed by atoms with Crippen molar-refractivity contribution in [2.45, 2.75) is 12.8 Å². The van der Waals surface area contributed by atoms with Crippen LogP contribution in [0.2, 0.25) is 0 Å². The predicted octanol–water partition coefficient (Wildman–Crippen LogP) is 2.24.